The molecule has 0 fully saturated rings. The monoisotopic (exact) mass is 344 g/mol. The minimum atomic E-state index is -1.70. The van der Waals surface area contributed by atoms with E-state index in [1.165, 1.54) is 11.3 Å². The number of rotatable bonds is 4. The second-order valence-corrected chi connectivity index (χ2v) is 5.40. The Morgan fingerprint density at radius 1 is 1.29 bits per heavy atom. The molecular weight excluding hydrogens is 328 g/mol. The van der Waals surface area contributed by atoms with Gasteiger partial charge in [-0.25, -0.2) is 0 Å². The minimum Gasteiger partial charge on any atom is -0.468 e. The van der Waals surface area contributed by atoms with E-state index in [9.17, 15) is 14.7 Å². The highest BCUT2D eigenvalue weighted by atomic mass is 32.1. The van der Waals surface area contributed by atoms with Crippen molar-refractivity contribution < 1.29 is 24.2 Å². The van der Waals surface area contributed by atoms with Crippen LogP contribution in [0.15, 0.2) is 16.8 Å². The summed E-state index contributed by atoms with van der Waals surface area (Å²) in [5.74, 6) is 11.0. The highest BCUT2D eigenvalue weighted by Gasteiger charge is 2.47. The van der Waals surface area contributed by atoms with Gasteiger partial charge < -0.3 is 14.6 Å². The second kappa shape index (κ2) is 9.43. The van der Waals surface area contributed by atoms with Crippen LogP contribution in [-0.4, -0.2) is 37.4 Å². The van der Waals surface area contributed by atoms with Crippen molar-refractivity contribution in [3.63, 3.8) is 0 Å². The van der Waals surface area contributed by atoms with Crippen LogP contribution in [0, 0.1) is 41.4 Å². The molecule has 0 aliphatic rings. The number of hydrogen-bond acceptors (Lipinski definition) is 6. The normalized spacial score (nSPS) is 10.9. The molecule has 0 aliphatic heterocycles. The predicted octanol–water partition coefficient (Wildman–Crippen LogP) is 1.21. The Hall–Kier alpha value is -2.72. The third-order valence-corrected chi connectivity index (χ3v) is 3.77. The van der Waals surface area contributed by atoms with Gasteiger partial charge in [-0.1, -0.05) is 29.6 Å². The van der Waals surface area contributed by atoms with E-state index in [0.717, 1.165) is 19.8 Å². The number of aliphatic hydroxyl groups is 1. The molecule has 6 heteroatoms. The Bertz CT molecular complexity index is 718. The van der Waals surface area contributed by atoms with E-state index < -0.39 is 23.5 Å². The third kappa shape index (κ3) is 4.89. The van der Waals surface area contributed by atoms with Crippen LogP contribution in [-0.2, 0) is 19.1 Å². The number of terminal acetylenes is 1. The fourth-order valence-electron chi connectivity index (χ4n) is 1.80. The van der Waals surface area contributed by atoms with Gasteiger partial charge in [0.25, 0.3) is 0 Å². The lowest BCUT2D eigenvalue weighted by molar-refractivity contribution is -0.168. The van der Waals surface area contributed by atoms with E-state index in [1.807, 2.05) is 22.7 Å². The van der Waals surface area contributed by atoms with E-state index in [0.29, 0.717) is 0 Å². The van der Waals surface area contributed by atoms with Crippen molar-refractivity contribution in [2.24, 2.45) is 5.41 Å². The van der Waals surface area contributed by atoms with Gasteiger partial charge in [-0.3, -0.25) is 9.59 Å². The number of carbonyl (C=O) groups is 2. The van der Waals surface area contributed by atoms with Crippen LogP contribution < -0.4 is 0 Å². The maximum Gasteiger partial charge on any atom is 0.325 e. The Morgan fingerprint density at radius 3 is 2.42 bits per heavy atom. The number of aliphatic hydroxyl groups excluding tert-OH is 1. The van der Waals surface area contributed by atoms with Crippen LogP contribution in [0.2, 0.25) is 0 Å². The van der Waals surface area contributed by atoms with Gasteiger partial charge in [0.2, 0.25) is 0 Å². The van der Waals surface area contributed by atoms with Gasteiger partial charge in [-0.05, 0) is 11.4 Å². The molecule has 124 valence electrons. The van der Waals surface area contributed by atoms with Crippen molar-refractivity contribution in [3.8, 4) is 36.0 Å². The van der Waals surface area contributed by atoms with Gasteiger partial charge in [-0.2, -0.15) is 11.3 Å². The van der Waals surface area contributed by atoms with Crippen LogP contribution in [0.4, 0.5) is 0 Å². The lowest BCUT2D eigenvalue weighted by atomic mass is 9.81. The molecule has 1 rings (SSSR count). The van der Waals surface area contributed by atoms with Crippen molar-refractivity contribution >= 4 is 23.3 Å². The minimum absolute atomic E-state index is 0.136. The van der Waals surface area contributed by atoms with Gasteiger partial charge in [0.15, 0.2) is 11.5 Å². The molecule has 0 aromatic carbocycles. The van der Waals surface area contributed by atoms with Crippen LogP contribution in [0.1, 0.15) is 18.4 Å². The molecule has 5 nitrogen and oxygen atoms in total. The molecule has 1 atom stereocenters. The van der Waals surface area contributed by atoms with Crippen LogP contribution in [0.25, 0.3) is 0 Å². The van der Waals surface area contributed by atoms with E-state index in [-0.39, 0.29) is 12.8 Å². The summed E-state index contributed by atoms with van der Waals surface area (Å²) in [5, 5.41) is 13.0. The van der Waals surface area contributed by atoms with E-state index in [2.05, 4.69) is 23.7 Å². The Balaban J connectivity index is 3.15. The molecule has 1 heterocycles. The summed E-state index contributed by atoms with van der Waals surface area (Å²) >= 11 is 1.48. The van der Waals surface area contributed by atoms with E-state index >= 15 is 0 Å². The smallest absolute Gasteiger partial charge is 0.325 e. The molecule has 1 aromatic rings. The molecule has 0 bridgehead atoms. The molecule has 0 aliphatic carbocycles. The Morgan fingerprint density at radius 2 is 1.92 bits per heavy atom. The molecule has 1 unspecified atom stereocenters. The quantitative estimate of drug-likeness (QED) is 0.505. The summed E-state index contributed by atoms with van der Waals surface area (Å²) in [6.45, 7) is 0. The average Bonchev–Trinajstić information content (AvgIpc) is 3.12. The molecule has 0 saturated carbocycles. The zero-order valence-corrected chi connectivity index (χ0v) is 14.1. The first kappa shape index (κ1) is 19.3. The summed E-state index contributed by atoms with van der Waals surface area (Å²) in [6.07, 6.45) is 3.37. The molecule has 0 spiro atoms. The standard InChI is InChI=1S/C18H16O5S/c1-4-15(19)8-6-11-18(16(20)22-2,17(21)23-3)10-5-7-14-9-12-24-13-14/h1,9,12-13,15,19H,10-11H2,2-3H3. The Kier molecular flexibility index (Phi) is 7.59. The maximum absolute atomic E-state index is 12.2. The molecule has 0 amide bonds. The lowest BCUT2D eigenvalue weighted by Crippen LogP contribution is -2.41. The molecule has 1 aromatic heterocycles. The first-order chi connectivity index (χ1) is 11.5. The number of hydrogen-bond donors (Lipinski definition) is 1. The number of thiophene rings is 1. The molecule has 24 heavy (non-hydrogen) atoms. The highest BCUT2D eigenvalue weighted by Crippen LogP contribution is 2.29. The highest BCUT2D eigenvalue weighted by molar-refractivity contribution is 7.08. The van der Waals surface area contributed by atoms with Crippen molar-refractivity contribution in [1.29, 1.82) is 0 Å². The maximum atomic E-state index is 12.2. The first-order valence-electron chi connectivity index (χ1n) is 6.80. The Labute approximate surface area is 145 Å². The van der Waals surface area contributed by atoms with Gasteiger partial charge in [-0.15, -0.1) is 6.42 Å². The van der Waals surface area contributed by atoms with E-state index in [1.54, 1.807) is 0 Å². The van der Waals surface area contributed by atoms with Crippen molar-refractivity contribution in [2.45, 2.75) is 18.9 Å². The lowest BCUT2D eigenvalue weighted by Gasteiger charge is -2.24. The first-order valence-corrected chi connectivity index (χ1v) is 7.75. The number of carbonyl (C=O) groups excluding carboxylic acids is 2. The predicted molar refractivity (Wildman–Crippen MR) is 89.5 cm³/mol. The van der Waals surface area contributed by atoms with Crippen molar-refractivity contribution in [1.82, 2.24) is 0 Å². The fraction of sp³-hybridized carbons (Fsp3) is 0.333. The molecular formula is C18H16O5S. The van der Waals surface area contributed by atoms with Gasteiger partial charge >= 0.3 is 11.9 Å². The molecule has 0 saturated heterocycles. The van der Waals surface area contributed by atoms with Crippen LogP contribution in [0.3, 0.4) is 0 Å². The SMILES string of the molecule is C#CC(O)C#CCC(CC#Cc1ccsc1)(C(=O)OC)C(=O)OC. The van der Waals surface area contributed by atoms with E-state index in [4.69, 9.17) is 15.9 Å². The third-order valence-electron chi connectivity index (χ3n) is 3.08. The number of esters is 2. The largest absolute Gasteiger partial charge is 0.468 e. The number of methoxy groups -OCH3 is 2. The second-order valence-electron chi connectivity index (χ2n) is 4.62. The van der Waals surface area contributed by atoms with Gasteiger partial charge in [0.1, 0.15) is 0 Å². The molecule has 0 radical (unpaired) electrons. The summed E-state index contributed by atoms with van der Waals surface area (Å²) in [5.41, 5.74) is -0.925. The van der Waals surface area contributed by atoms with Crippen LogP contribution >= 0.6 is 11.3 Å². The summed E-state index contributed by atoms with van der Waals surface area (Å²) in [7, 11) is 2.33. The van der Waals surface area contributed by atoms with Crippen LogP contribution in [0.5, 0.6) is 0 Å². The topological polar surface area (TPSA) is 72.8 Å². The summed E-state index contributed by atoms with van der Waals surface area (Å²) < 4.78 is 9.47. The summed E-state index contributed by atoms with van der Waals surface area (Å²) in [6, 6.07) is 1.82. The zero-order valence-electron chi connectivity index (χ0n) is 13.3. The van der Waals surface area contributed by atoms with Crippen molar-refractivity contribution in [2.75, 3.05) is 14.2 Å². The number of ether oxygens (including phenoxy) is 2. The van der Waals surface area contributed by atoms with Gasteiger partial charge in [0, 0.05) is 23.8 Å². The van der Waals surface area contributed by atoms with Crippen molar-refractivity contribution in [3.05, 3.63) is 22.4 Å². The van der Waals surface area contributed by atoms with Gasteiger partial charge in [0.05, 0.1) is 14.2 Å². The molecule has 1 N–H and O–H groups in total. The average molecular weight is 344 g/mol. The fourth-order valence-corrected chi connectivity index (χ4v) is 2.39. The zero-order chi connectivity index (χ0) is 18.0. The summed E-state index contributed by atoms with van der Waals surface area (Å²) in [4.78, 5) is 24.4.